The quantitative estimate of drug-likeness (QED) is 0.188. The second-order valence-electron chi connectivity index (χ2n) is 7.23. The van der Waals surface area contributed by atoms with E-state index in [-0.39, 0.29) is 35.8 Å². The number of likely N-dealkylation sites (tertiary alicyclic amines) is 1. The lowest BCUT2D eigenvalue weighted by atomic mass is 10.0. The Labute approximate surface area is 180 Å². The summed E-state index contributed by atoms with van der Waals surface area (Å²) >= 11 is 0. The molecule has 8 heteroatoms. The van der Waals surface area contributed by atoms with E-state index >= 15 is 0 Å². The first kappa shape index (κ1) is 24.0. The third-order valence-electron chi connectivity index (χ3n) is 5.06. The summed E-state index contributed by atoms with van der Waals surface area (Å²) in [6.07, 6.45) is 8.17. The van der Waals surface area contributed by atoms with Gasteiger partial charge >= 0.3 is 0 Å². The van der Waals surface area contributed by atoms with Crippen molar-refractivity contribution in [2.75, 3.05) is 39.3 Å². The van der Waals surface area contributed by atoms with E-state index in [9.17, 15) is 9.59 Å². The summed E-state index contributed by atoms with van der Waals surface area (Å²) < 4.78 is 0. The maximum absolute atomic E-state index is 11.9. The maximum atomic E-state index is 11.9. The van der Waals surface area contributed by atoms with Gasteiger partial charge in [-0.05, 0) is 38.5 Å². The van der Waals surface area contributed by atoms with Crippen LogP contribution >= 0.6 is 24.0 Å². The summed E-state index contributed by atoms with van der Waals surface area (Å²) in [5.74, 6) is 1.79. The van der Waals surface area contributed by atoms with Crippen LogP contribution in [0.2, 0.25) is 0 Å². The Morgan fingerprint density at radius 3 is 2.56 bits per heavy atom. The van der Waals surface area contributed by atoms with Crippen molar-refractivity contribution in [3.8, 4) is 0 Å². The number of amides is 2. The van der Waals surface area contributed by atoms with Crippen LogP contribution in [0.3, 0.4) is 0 Å². The third kappa shape index (κ3) is 9.62. The first-order valence-corrected chi connectivity index (χ1v) is 10.3. The van der Waals surface area contributed by atoms with Crippen molar-refractivity contribution in [3.63, 3.8) is 0 Å². The third-order valence-corrected chi connectivity index (χ3v) is 5.06. The Morgan fingerprint density at radius 1 is 1.15 bits per heavy atom. The number of carbonyl (C=O) groups excluding carboxylic acids is 2. The van der Waals surface area contributed by atoms with Gasteiger partial charge in [0.1, 0.15) is 0 Å². The fourth-order valence-corrected chi connectivity index (χ4v) is 3.67. The molecule has 1 aliphatic carbocycles. The SMILES string of the molecule is CCNC(=NCCCN1CCCC1=O)NCCNC(=O)CC1CCCC1.I. The number of guanidine groups is 1. The molecule has 0 aromatic heterocycles. The molecular formula is C19H36IN5O2. The zero-order valence-corrected chi connectivity index (χ0v) is 18.9. The summed E-state index contributed by atoms with van der Waals surface area (Å²) in [4.78, 5) is 30.0. The Bertz CT molecular complexity index is 481. The molecule has 27 heavy (non-hydrogen) atoms. The van der Waals surface area contributed by atoms with Crippen molar-refractivity contribution < 1.29 is 9.59 Å². The predicted molar refractivity (Wildman–Crippen MR) is 119 cm³/mol. The van der Waals surface area contributed by atoms with Crippen molar-refractivity contribution in [3.05, 3.63) is 0 Å². The normalized spacial score (nSPS) is 17.7. The van der Waals surface area contributed by atoms with E-state index in [1.807, 2.05) is 11.8 Å². The fourth-order valence-electron chi connectivity index (χ4n) is 3.67. The molecular weight excluding hydrogens is 457 g/mol. The average molecular weight is 493 g/mol. The van der Waals surface area contributed by atoms with Crippen molar-refractivity contribution in [2.45, 2.75) is 58.3 Å². The number of hydrogen-bond acceptors (Lipinski definition) is 3. The van der Waals surface area contributed by atoms with Gasteiger partial charge in [0.05, 0.1) is 0 Å². The largest absolute Gasteiger partial charge is 0.357 e. The van der Waals surface area contributed by atoms with Crippen molar-refractivity contribution in [1.29, 1.82) is 0 Å². The first-order chi connectivity index (χ1) is 12.7. The number of nitrogens with one attached hydrogen (secondary N) is 3. The van der Waals surface area contributed by atoms with E-state index in [2.05, 4.69) is 20.9 Å². The molecule has 1 heterocycles. The minimum Gasteiger partial charge on any atom is -0.357 e. The number of rotatable bonds is 10. The van der Waals surface area contributed by atoms with E-state index in [0.29, 0.717) is 38.4 Å². The van der Waals surface area contributed by atoms with E-state index in [1.165, 1.54) is 25.7 Å². The highest BCUT2D eigenvalue weighted by molar-refractivity contribution is 14.0. The highest BCUT2D eigenvalue weighted by atomic mass is 127. The number of carbonyl (C=O) groups is 2. The zero-order valence-electron chi connectivity index (χ0n) is 16.6. The van der Waals surface area contributed by atoms with E-state index in [0.717, 1.165) is 38.4 Å². The van der Waals surface area contributed by atoms with Gasteiger partial charge in [0.15, 0.2) is 5.96 Å². The molecule has 0 atom stereocenters. The molecule has 0 unspecified atom stereocenters. The van der Waals surface area contributed by atoms with Crippen LogP contribution < -0.4 is 16.0 Å². The van der Waals surface area contributed by atoms with E-state index < -0.39 is 0 Å². The summed E-state index contributed by atoms with van der Waals surface area (Å²) in [6.45, 7) is 6.46. The zero-order chi connectivity index (χ0) is 18.6. The van der Waals surface area contributed by atoms with Gasteiger partial charge in [-0.15, -0.1) is 24.0 Å². The van der Waals surface area contributed by atoms with Gasteiger partial charge in [0, 0.05) is 52.1 Å². The molecule has 0 bridgehead atoms. The summed E-state index contributed by atoms with van der Waals surface area (Å²) in [7, 11) is 0. The molecule has 7 nitrogen and oxygen atoms in total. The molecule has 1 saturated carbocycles. The van der Waals surface area contributed by atoms with Gasteiger partial charge in [-0.25, -0.2) is 0 Å². The van der Waals surface area contributed by atoms with Crippen LogP contribution in [-0.2, 0) is 9.59 Å². The van der Waals surface area contributed by atoms with Crippen LogP contribution in [0.25, 0.3) is 0 Å². The van der Waals surface area contributed by atoms with Crippen LogP contribution in [0.1, 0.15) is 58.3 Å². The molecule has 0 aromatic rings. The molecule has 0 radical (unpaired) electrons. The molecule has 2 fully saturated rings. The van der Waals surface area contributed by atoms with Crippen LogP contribution in [0.5, 0.6) is 0 Å². The van der Waals surface area contributed by atoms with Crippen LogP contribution in [-0.4, -0.2) is 61.9 Å². The molecule has 2 amide bonds. The number of nitrogens with zero attached hydrogens (tertiary/aromatic N) is 2. The van der Waals surface area contributed by atoms with Gasteiger partial charge in [-0.2, -0.15) is 0 Å². The van der Waals surface area contributed by atoms with Gasteiger partial charge in [0.2, 0.25) is 11.8 Å². The Hall–Kier alpha value is -1.06. The lowest BCUT2D eigenvalue weighted by Gasteiger charge is -2.15. The lowest BCUT2D eigenvalue weighted by molar-refractivity contribution is -0.127. The number of halogens is 1. The van der Waals surface area contributed by atoms with Crippen LogP contribution in [0, 0.1) is 5.92 Å². The minimum atomic E-state index is 0. The standard InChI is InChI=1S/C19H35N5O2.HI/c1-2-20-19(22-10-6-14-24-13-5-9-18(24)26)23-12-11-21-17(25)15-16-7-3-4-8-16;/h16H,2-15H2,1H3,(H,21,25)(H2,20,22,23);1H. The Kier molecular flexibility index (Phi) is 12.4. The summed E-state index contributed by atoms with van der Waals surface area (Å²) in [6, 6.07) is 0. The fraction of sp³-hybridized carbons (Fsp3) is 0.842. The summed E-state index contributed by atoms with van der Waals surface area (Å²) in [5, 5.41) is 9.45. The Balaban J connectivity index is 0.00000364. The highest BCUT2D eigenvalue weighted by Gasteiger charge is 2.19. The van der Waals surface area contributed by atoms with E-state index in [1.54, 1.807) is 0 Å². The van der Waals surface area contributed by atoms with Gasteiger partial charge in [-0.1, -0.05) is 12.8 Å². The molecule has 3 N–H and O–H groups in total. The van der Waals surface area contributed by atoms with Gasteiger partial charge in [0.25, 0.3) is 0 Å². The average Bonchev–Trinajstić information content (AvgIpc) is 3.27. The number of aliphatic imine (C=N–C) groups is 1. The topological polar surface area (TPSA) is 85.8 Å². The molecule has 0 aromatic carbocycles. The molecule has 0 spiro atoms. The second kappa shape index (κ2) is 14.0. The van der Waals surface area contributed by atoms with Crippen molar-refractivity contribution >= 4 is 41.8 Å². The molecule has 1 saturated heterocycles. The Morgan fingerprint density at radius 2 is 1.89 bits per heavy atom. The predicted octanol–water partition coefficient (Wildman–Crippen LogP) is 1.87. The van der Waals surface area contributed by atoms with Crippen molar-refractivity contribution in [1.82, 2.24) is 20.9 Å². The molecule has 1 aliphatic heterocycles. The molecule has 2 aliphatic rings. The van der Waals surface area contributed by atoms with Crippen molar-refractivity contribution in [2.24, 2.45) is 10.9 Å². The minimum absolute atomic E-state index is 0. The van der Waals surface area contributed by atoms with E-state index in [4.69, 9.17) is 0 Å². The second-order valence-corrected chi connectivity index (χ2v) is 7.23. The van der Waals surface area contributed by atoms with Crippen LogP contribution in [0.4, 0.5) is 0 Å². The van der Waals surface area contributed by atoms with Crippen LogP contribution in [0.15, 0.2) is 4.99 Å². The first-order valence-electron chi connectivity index (χ1n) is 10.3. The maximum Gasteiger partial charge on any atom is 0.222 e. The van der Waals surface area contributed by atoms with Gasteiger partial charge < -0.3 is 20.9 Å². The van der Waals surface area contributed by atoms with Gasteiger partial charge in [-0.3, -0.25) is 14.6 Å². The number of hydrogen-bond donors (Lipinski definition) is 3. The lowest BCUT2D eigenvalue weighted by Crippen LogP contribution is -2.41. The molecule has 2 rings (SSSR count). The monoisotopic (exact) mass is 493 g/mol. The smallest absolute Gasteiger partial charge is 0.222 e. The highest BCUT2D eigenvalue weighted by Crippen LogP contribution is 2.27. The molecule has 156 valence electrons. The summed E-state index contributed by atoms with van der Waals surface area (Å²) in [5.41, 5.74) is 0.